The van der Waals surface area contributed by atoms with Gasteiger partial charge in [0.1, 0.15) is 23.0 Å². The van der Waals surface area contributed by atoms with E-state index in [2.05, 4.69) is 10.0 Å². The second kappa shape index (κ2) is 8.94. The molecule has 3 aromatic carbocycles. The fraction of sp³-hybridized carbons (Fsp3) is 0.192. The maximum Gasteiger partial charge on any atom is 0.255 e. The molecule has 36 heavy (non-hydrogen) atoms. The number of hydrogen-bond donors (Lipinski definition) is 3. The van der Waals surface area contributed by atoms with E-state index in [1.807, 2.05) is 0 Å². The van der Waals surface area contributed by atoms with Gasteiger partial charge in [-0.3, -0.25) is 9.52 Å². The van der Waals surface area contributed by atoms with Gasteiger partial charge in [-0.2, -0.15) is 0 Å². The largest absolute Gasteiger partial charge is 0.455 e. The monoisotopic (exact) mass is 511 g/mol. The van der Waals surface area contributed by atoms with Crippen molar-refractivity contribution in [2.24, 2.45) is 0 Å². The van der Waals surface area contributed by atoms with Gasteiger partial charge in [0.15, 0.2) is 0 Å². The molecule has 7 nitrogen and oxygen atoms in total. The van der Waals surface area contributed by atoms with Crippen molar-refractivity contribution < 1.29 is 26.4 Å². The number of nitrogen functional groups attached to an aromatic ring is 1. The minimum Gasteiger partial charge on any atom is -0.455 e. The molecule has 0 atom stereocenters. The first kappa shape index (κ1) is 23.8. The number of carbonyl (C=O) groups is 1. The Bertz CT molecular complexity index is 1590. The fourth-order valence-corrected chi connectivity index (χ4v) is 5.45. The van der Waals surface area contributed by atoms with Crippen molar-refractivity contribution in [3.63, 3.8) is 0 Å². The average Bonchev–Trinajstić information content (AvgIpc) is 3.61. The second-order valence-corrected chi connectivity index (χ2v) is 10.5. The first-order chi connectivity index (χ1) is 17.1. The Morgan fingerprint density at radius 3 is 2.44 bits per heavy atom. The molecule has 1 aromatic heterocycles. The van der Waals surface area contributed by atoms with Crippen LogP contribution in [0.5, 0.6) is 0 Å². The number of nitrogens with two attached hydrogens (primary N) is 1. The Labute approximate surface area is 206 Å². The summed E-state index contributed by atoms with van der Waals surface area (Å²) in [5, 5.41) is 3.12. The van der Waals surface area contributed by atoms with E-state index in [4.69, 9.17) is 10.2 Å². The van der Waals surface area contributed by atoms with E-state index in [-0.39, 0.29) is 40.0 Å². The first-order valence-electron chi connectivity index (χ1n) is 11.3. The van der Waals surface area contributed by atoms with Gasteiger partial charge in [-0.1, -0.05) is 6.07 Å². The van der Waals surface area contributed by atoms with Gasteiger partial charge in [0.2, 0.25) is 10.0 Å². The number of amides is 1. The number of hydrogen-bond acceptors (Lipinski definition) is 5. The van der Waals surface area contributed by atoms with Crippen LogP contribution in [0.15, 0.2) is 59.0 Å². The highest BCUT2D eigenvalue weighted by Gasteiger charge is 2.31. The summed E-state index contributed by atoms with van der Waals surface area (Å²) in [5.74, 6) is -1.74. The number of fused-ring (bicyclic) bond motifs is 1. The molecule has 10 heteroatoms. The third-order valence-electron chi connectivity index (χ3n) is 6.13. The van der Waals surface area contributed by atoms with E-state index in [9.17, 15) is 22.0 Å². The van der Waals surface area contributed by atoms with Crippen LogP contribution in [0.4, 0.5) is 20.2 Å². The van der Waals surface area contributed by atoms with E-state index in [1.165, 1.54) is 43.4 Å². The van der Waals surface area contributed by atoms with Gasteiger partial charge in [0, 0.05) is 35.3 Å². The maximum absolute atomic E-state index is 14.2. The van der Waals surface area contributed by atoms with Crippen molar-refractivity contribution in [3.8, 4) is 11.3 Å². The van der Waals surface area contributed by atoms with E-state index in [0.717, 1.165) is 24.5 Å². The molecule has 1 heterocycles. The number of sulfonamides is 1. The minimum absolute atomic E-state index is 0.00996. The molecule has 0 spiro atoms. The van der Waals surface area contributed by atoms with E-state index < -0.39 is 27.4 Å². The summed E-state index contributed by atoms with van der Waals surface area (Å²) in [5.41, 5.74) is 7.84. The standard InChI is InChI=1S/C26H23F2N3O4S/c1-30-26(32)24-20-11-19(14-2-3-14)22(12-23(20)35-25(24)15-4-7-17(27)8-5-15)31-36(33,34)13-16-6-9-18(29)10-21(16)28/h4-12,14,31H,2-3,13,29H2,1H3,(H,30,32). The summed E-state index contributed by atoms with van der Waals surface area (Å²) in [6.45, 7) is 0. The smallest absolute Gasteiger partial charge is 0.255 e. The zero-order chi connectivity index (χ0) is 25.6. The van der Waals surface area contributed by atoms with Gasteiger partial charge in [-0.25, -0.2) is 17.2 Å². The Balaban J connectivity index is 1.60. The number of anilines is 2. The van der Waals surface area contributed by atoms with Gasteiger partial charge in [-0.15, -0.1) is 0 Å². The first-order valence-corrected chi connectivity index (χ1v) is 12.9. The lowest BCUT2D eigenvalue weighted by Gasteiger charge is -2.13. The van der Waals surface area contributed by atoms with Crippen molar-refractivity contribution >= 4 is 38.3 Å². The Hall–Kier alpha value is -3.92. The third kappa shape index (κ3) is 4.64. The molecule has 1 saturated carbocycles. The molecule has 1 amide bonds. The fourth-order valence-electron chi connectivity index (χ4n) is 4.22. The SMILES string of the molecule is CNC(=O)c1c(-c2ccc(F)cc2)oc2cc(NS(=O)(=O)Cc3ccc(N)cc3F)c(C3CC3)cc12. The quantitative estimate of drug-likeness (QED) is 0.297. The van der Waals surface area contributed by atoms with Gasteiger partial charge in [0.05, 0.1) is 17.0 Å². The molecule has 5 rings (SSSR count). The summed E-state index contributed by atoms with van der Waals surface area (Å²) < 4.78 is 62.3. The van der Waals surface area contributed by atoms with Gasteiger partial charge < -0.3 is 15.5 Å². The molecule has 0 radical (unpaired) electrons. The Morgan fingerprint density at radius 2 is 1.81 bits per heavy atom. The predicted molar refractivity (Wildman–Crippen MR) is 134 cm³/mol. The van der Waals surface area contributed by atoms with Crippen LogP contribution in [0, 0.1) is 11.6 Å². The van der Waals surface area contributed by atoms with Crippen LogP contribution in [-0.2, 0) is 15.8 Å². The minimum atomic E-state index is -3.99. The molecule has 4 N–H and O–H groups in total. The molecule has 0 unspecified atom stereocenters. The summed E-state index contributed by atoms with van der Waals surface area (Å²) >= 11 is 0. The Morgan fingerprint density at radius 1 is 1.08 bits per heavy atom. The molecular formula is C26H23F2N3O4S. The molecule has 1 aliphatic rings. The summed E-state index contributed by atoms with van der Waals surface area (Å²) in [6.07, 6.45) is 1.73. The number of benzene rings is 3. The molecule has 1 aliphatic carbocycles. The van der Waals surface area contributed by atoms with Crippen LogP contribution in [-0.4, -0.2) is 21.4 Å². The highest BCUT2D eigenvalue weighted by molar-refractivity contribution is 7.91. The number of halogens is 2. The topological polar surface area (TPSA) is 114 Å². The lowest BCUT2D eigenvalue weighted by atomic mass is 10.0. The zero-order valence-corrected chi connectivity index (χ0v) is 20.1. The van der Waals surface area contributed by atoms with Gasteiger partial charge in [0.25, 0.3) is 5.91 Å². The Kier molecular flexibility index (Phi) is 5.91. The van der Waals surface area contributed by atoms with E-state index in [0.29, 0.717) is 16.6 Å². The molecule has 0 bridgehead atoms. The van der Waals surface area contributed by atoms with Crippen molar-refractivity contribution in [2.45, 2.75) is 24.5 Å². The van der Waals surface area contributed by atoms with Crippen LogP contribution in [0.1, 0.15) is 40.2 Å². The molecule has 4 aromatic rings. The van der Waals surface area contributed by atoms with Crippen molar-refractivity contribution in [3.05, 3.63) is 82.9 Å². The zero-order valence-electron chi connectivity index (χ0n) is 19.3. The lowest BCUT2D eigenvalue weighted by Crippen LogP contribution is -2.18. The van der Waals surface area contributed by atoms with Crippen LogP contribution in [0.2, 0.25) is 0 Å². The molecule has 0 aliphatic heterocycles. The molecule has 1 fully saturated rings. The number of nitrogens with one attached hydrogen (secondary N) is 2. The van der Waals surface area contributed by atoms with Gasteiger partial charge >= 0.3 is 0 Å². The van der Waals surface area contributed by atoms with Crippen molar-refractivity contribution in [2.75, 3.05) is 17.5 Å². The van der Waals surface area contributed by atoms with E-state index >= 15 is 0 Å². The molecular weight excluding hydrogens is 488 g/mol. The highest BCUT2D eigenvalue weighted by atomic mass is 32.2. The normalized spacial score (nSPS) is 13.6. The molecule has 186 valence electrons. The van der Waals surface area contributed by atoms with Crippen LogP contribution < -0.4 is 15.8 Å². The van der Waals surface area contributed by atoms with Crippen molar-refractivity contribution in [1.82, 2.24) is 5.32 Å². The second-order valence-electron chi connectivity index (χ2n) is 8.81. The maximum atomic E-state index is 14.2. The third-order valence-corrected chi connectivity index (χ3v) is 7.35. The summed E-state index contributed by atoms with van der Waals surface area (Å²) in [4.78, 5) is 12.8. The average molecular weight is 512 g/mol. The van der Waals surface area contributed by atoms with Crippen LogP contribution in [0.25, 0.3) is 22.3 Å². The van der Waals surface area contributed by atoms with E-state index in [1.54, 1.807) is 12.1 Å². The summed E-state index contributed by atoms with van der Waals surface area (Å²) in [6, 6.07) is 12.7. The molecule has 0 saturated heterocycles. The predicted octanol–water partition coefficient (Wildman–Crippen LogP) is 5.14. The summed E-state index contributed by atoms with van der Waals surface area (Å²) in [7, 11) is -2.50. The number of carbonyl (C=O) groups excluding carboxylic acids is 1. The van der Waals surface area contributed by atoms with Gasteiger partial charge in [-0.05, 0) is 66.8 Å². The lowest BCUT2D eigenvalue weighted by molar-refractivity contribution is 0.0964. The van der Waals surface area contributed by atoms with Crippen LogP contribution >= 0.6 is 0 Å². The highest BCUT2D eigenvalue weighted by Crippen LogP contribution is 2.47. The number of rotatable bonds is 7. The van der Waals surface area contributed by atoms with Crippen LogP contribution in [0.3, 0.4) is 0 Å². The van der Waals surface area contributed by atoms with Crippen molar-refractivity contribution in [1.29, 1.82) is 0 Å². The number of furan rings is 1.